The average Bonchev–Trinajstić information content (AvgIpc) is 3.22. The van der Waals surface area contributed by atoms with Crippen molar-refractivity contribution < 1.29 is 9.32 Å². The monoisotopic (exact) mass is 339 g/mol. The molecule has 25 heavy (non-hydrogen) atoms. The van der Waals surface area contributed by atoms with Gasteiger partial charge in [0.05, 0.1) is 5.69 Å². The summed E-state index contributed by atoms with van der Waals surface area (Å²) in [5.41, 5.74) is 4.47. The number of hydrogen-bond donors (Lipinski definition) is 0. The summed E-state index contributed by atoms with van der Waals surface area (Å²) in [6, 6.07) is 8.25. The van der Waals surface area contributed by atoms with Crippen LogP contribution in [-0.2, 0) is 11.3 Å². The minimum absolute atomic E-state index is 0.0831. The van der Waals surface area contributed by atoms with Crippen LogP contribution in [0.5, 0.6) is 0 Å². The molecule has 0 radical (unpaired) electrons. The van der Waals surface area contributed by atoms with Gasteiger partial charge in [-0.1, -0.05) is 17.3 Å². The molecule has 2 aliphatic heterocycles. The number of carbonyl (C=O) groups is 1. The first-order valence-electron chi connectivity index (χ1n) is 8.97. The Morgan fingerprint density at radius 2 is 2.08 bits per heavy atom. The molecule has 5 nitrogen and oxygen atoms in total. The molecule has 1 aromatic heterocycles. The summed E-state index contributed by atoms with van der Waals surface area (Å²) in [7, 11) is 0. The van der Waals surface area contributed by atoms with Crippen molar-refractivity contribution in [1.82, 2.24) is 10.1 Å². The maximum Gasteiger partial charge on any atom is 0.227 e. The maximum absolute atomic E-state index is 12.7. The van der Waals surface area contributed by atoms with Crippen LogP contribution in [0.3, 0.4) is 0 Å². The fraction of sp³-hybridized carbons (Fsp3) is 0.500. The number of rotatable bonds is 3. The van der Waals surface area contributed by atoms with Crippen molar-refractivity contribution in [3.05, 3.63) is 46.8 Å². The van der Waals surface area contributed by atoms with Crippen molar-refractivity contribution in [2.45, 2.75) is 40.2 Å². The smallest absolute Gasteiger partial charge is 0.227 e. The molecule has 0 saturated carbocycles. The molecule has 1 spiro atoms. The highest BCUT2D eigenvalue weighted by molar-refractivity contribution is 5.96. The zero-order valence-electron chi connectivity index (χ0n) is 15.2. The zero-order chi connectivity index (χ0) is 17.6. The van der Waals surface area contributed by atoms with Gasteiger partial charge in [-0.2, -0.15) is 0 Å². The molecule has 2 saturated heterocycles. The Balaban J connectivity index is 1.48. The maximum atomic E-state index is 12.7. The quantitative estimate of drug-likeness (QED) is 0.861. The summed E-state index contributed by atoms with van der Waals surface area (Å²) in [5, 5.41) is 4.06. The number of hydrogen-bond acceptors (Lipinski definition) is 4. The van der Waals surface area contributed by atoms with Crippen molar-refractivity contribution in [3.8, 4) is 0 Å². The molecule has 2 fully saturated rings. The van der Waals surface area contributed by atoms with Crippen LogP contribution in [-0.4, -0.2) is 35.6 Å². The third kappa shape index (κ3) is 2.97. The lowest BCUT2D eigenvalue weighted by Crippen LogP contribution is -2.31. The van der Waals surface area contributed by atoms with Gasteiger partial charge < -0.3 is 9.42 Å². The fourth-order valence-electron chi connectivity index (χ4n) is 4.31. The Morgan fingerprint density at radius 1 is 1.24 bits per heavy atom. The van der Waals surface area contributed by atoms with Crippen molar-refractivity contribution in [1.29, 1.82) is 0 Å². The number of amides is 1. The van der Waals surface area contributed by atoms with Crippen molar-refractivity contribution in [2.24, 2.45) is 5.41 Å². The largest absolute Gasteiger partial charge is 0.361 e. The molecule has 132 valence electrons. The summed E-state index contributed by atoms with van der Waals surface area (Å²) in [6.45, 7) is 9.72. The summed E-state index contributed by atoms with van der Waals surface area (Å²) >= 11 is 0. The minimum Gasteiger partial charge on any atom is -0.361 e. The lowest BCUT2D eigenvalue weighted by molar-refractivity contribution is -0.117. The van der Waals surface area contributed by atoms with E-state index in [1.54, 1.807) is 0 Å². The van der Waals surface area contributed by atoms with Gasteiger partial charge in [-0.05, 0) is 51.4 Å². The number of likely N-dealkylation sites (tertiary alicyclic amines) is 1. The molecule has 1 aromatic carbocycles. The van der Waals surface area contributed by atoms with Crippen LogP contribution in [0.1, 0.15) is 35.4 Å². The SMILES string of the molecule is Cc1cccc(N2C[C@]3(CCN(Cc4c(C)noc4C)C3)CC2=O)c1. The van der Waals surface area contributed by atoms with Gasteiger partial charge in [-0.25, -0.2) is 0 Å². The van der Waals surface area contributed by atoms with E-state index in [0.29, 0.717) is 6.42 Å². The summed E-state index contributed by atoms with van der Waals surface area (Å²) in [5.74, 6) is 1.16. The lowest BCUT2D eigenvalue weighted by Gasteiger charge is -2.24. The highest BCUT2D eigenvalue weighted by Gasteiger charge is 2.47. The second-order valence-electron chi connectivity index (χ2n) is 7.76. The Labute approximate surface area is 148 Å². The molecule has 0 aliphatic carbocycles. The van der Waals surface area contributed by atoms with E-state index in [1.165, 1.54) is 11.1 Å². The first-order valence-corrected chi connectivity index (χ1v) is 8.97. The summed E-state index contributed by atoms with van der Waals surface area (Å²) in [4.78, 5) is 17.1. The van der Waals surface area contributed by atoms with E-state index < -0.39 is 0 Å². The van der Waals surface area contributed by atoms with E-state index in [0.717, 1.165) is 49.7 Å². The standard InChI is InChI=1S/C20H25N3O2/c1-14-5-4-6-17(9-14)23-13-20(10-19(23)24)7-8-22(12-20)11-18-15(2)21-25-16(18)3/h4-6,9H,7-8,10-13H2,1-3H3/t20-/m1/s1. The zero-order valence-corrected chi connectivity index (χ0v) is 15.2. The molecule has 1 amide bonds. The molecule has 0 N–H and O–H groups in total. The highest BCUT2D eigenvalue weighted by atomic mass is 16.5. The van der Waals surface area contributed by atoms with Gasteiger partial charge in [0.1, 0.15) is 5.76 Å². The molecular weight excluding hydrogens is 314 g/mol. The van der Waals surface area contributed by atoms with Crippen LogP contribution < -0.4 is 4.90 Å². The molecule has 3 heterocycles. The van der Waals surface area contributed by atoms with E-state index in [2.05, 4.69) is 29.1 Å². The third-order valence-electron chi connectivity index (χ3n) is 5.71. The van der Waals surface area contributed by atoms with Crippen LogP contribution in [0, 0.1) is 26.2 Å². The Kier molecular flexibility index (Phi) is 3.91. The summed E-state index contributed by atoms with van der Waals surface area (Å²) < 4.78 is 5.29. The van der Waals surface area contributed by atoms with Gasteiger partial charge in [0.25, 0.3) is 0 Å². The topological polar surface area (TPSA) is 49.6 Å². The van der Waals surface area contributed by atoms with Crippen molar-refractivity contribution in [3.63, 3.8) is 0 Å². The Bertz CT molecular complexity index is 794. The summed E-state index contributed by atoms with van der Waals surface area (Å²) in [6.07, 6.45) is 1.73. The number of nitrogens with zero attached hydrogens (tertiary/aromatic N) is 3. The molecular formula is C20H25N3O2. The number of aryl methyl sites for hydroxylation is 3. The fourth-order valence-corrected chi connectivity index (χ4v) is 4.31. The number of benzene rings is 1. The number of carbonyl (C=O) groups excluding carboxylic acids is 1. The Hall–Kier alpha value is -2.14. The molecule has 2 aromatic rings. The number of aromatic nitrogens is 1. The van der Waals surface area contributed by atoms with Gasteiger partial charge in [-0.3, -0.25) is 9.69 Å². The average molecular weight is 339 g/mol. The van der Waals surface area contributed by atoms with Gasteiger partial charge in [0.15, 0.2) is 0 Å². The Morgan fingerprint density at radius 3 is 2.80 bits per heavy atom. The normalized spacial score (nSPS) is 24.0. The van der Waals surface area contributed by atoms with E-state index in [1.807, 2.05) is 30.9 Å². The molecule has 2 aliphatic rings. The van der Waals surface area contributed by atoms with Crippen LogP contribution in [0.4, 0.5) is 5.69 Å². The molecule has 4 rings (SSSR count). The molecule has 5 heteroatoms. The van der Waals surface area contributed by atoms with Crippen LogP contribution in [0.15, 0.2) is 28.8 Å². The van der Waals surface area contributed by atoms with E-state index >= 15 is 0 Å². The van der Waals surface area contributed by atoms with Crippen LogP contribution >= 0.6 is 0 Å². The van der Waals surface area contributed by atoms with Crippen molar-refractivity contribution >= 4 is 11.6 Å². The van der Waals surface area contributed by atoms with Gasteiger partial charge in [0.2, 0.25) is 5.91 Å². The highest BCUT2D eigenvalue weighted by Crippen LogP contribution is 2.42. The van der Waals surface area contributed by atoms with Crippen LogP contribution in [0.25, 0.3) is 0 Å². The first kappa shape index (κ1) is 16.3. The van der Waals surface area contributed by atoms with Crippen molar-refractivity contribution in [2.75, 3.05) is 24.5 Å². The third-order valence-corrected chi connectivity index (χ3v) is 5.71. The number of anilines is 1. The second-order valence-corrected chi connectivity index (χ2v) is 7.76. The van der Waals surface area contributed by atoms with E-state index in [-0.39, 0.29) is 11.3 Å². The van der Waals surface area contributed by atoms with Gasteiger partial charge in [-0.15, -0.1) is 0 Å². The lowest BCUT2D eigenvalue weighted by atomic mass is 9.86. The molecule has 0 bridgehead atoms. The first-order chi connectivity index (χ1) is 12.0. The van der Waals surface area contributed by atoms with E-state index in [4.69, 9.17) is 4.52 Å². The van der Waals surface area contributed by atoms with Gasteiger partial charge in [0, 0.05) is 42.7 Å². The second kappa shape index (κ2) is 5.99. The molecule has 0 unspecified atom stereocenters. The molecule has 1 atom stereocenters. The predicted molar refractivity (Wildman–Crippen MR) is 96.5 cm³/mol. The van der Waals surface area contributed by atoms with Crippen LogP contribution in [0.2, 0.25) is 0 Å². The predicted octanol–water partition coefficient (Wildman–Crippen LogP) is 3.23. The minimum atomic E-state index is 0.0831. The van der Waals surface area contributed by atoms with Gasteiger partial charge >= 0.3 is 0 Å². The van der Waals surface area contributed by atoms with E-state index in [9.17, 15) is 4.79 Å².